The van der Waals surface area contributed by atoms with Crippen molar-refractivity contribution < 1.29 is 14.9 Å². The SMILES string of the molecule is C#CC1(CO)OCC(Cl)C1O. The lowest BCUT2D eigenvalue weighted by Crippen LogP contribution is -2.43. The van der Waals surface area contributed by atoms with E-state index in [0.29, 0.717) is 0 Å². The number of hydrogen-bond acceptors (Lipinski definition) is 3. The van der Waals surface area contributed by atoms with Crippen LogP contribution in [0.5, 0.6) is 0 Å². The van der Waals surface area contributed by atoms with Crippen LogP contribution in [0.2, 0.25) is 0 Å². The molecule has 1 heterocycles. The molecule has 2 N–H and O–H groups in total. The molecule has 0 aromatic carbocycles. The van der Waals surface area contributed by atoms with Gasteiger partial charge in [-0.2, -0.15) is 0 Å². The fraction of sp³-hybridized carbons (Fsp3) is 0.714. The minimum absolute atomic E-state index is 0.174. The summed E-state index contributed by atoms with van der Waals surface area (Å²) >= 11 is 5.62. The zero-order valence-corrected chi connectivity index (χ0v) is 6.58. The van der Waals surface area contributed by atoms with E-state index in [2.05, 4.69) is 5.92 Å². The summed E-state index contributed by atoms with van der Waals surface area (Å²) in [6.45, 7) is -0.235. The van der Waals surface area contributed by atoms with Crippen molar-refractivity contribution in [2.24, 2.45) is 0 Å². The molecule has 62 valence electrons. The van der Waals surface area contributed by atoms with Crippen molar-refractivity contribution in [1.82, 2.24) is 0 Å². The van der Waals surface area contributed by atoms with Crippen molar-refractivity contribution in [2.75, 3.05) is 13.2 Å². The van der Waals surface area contributed by atoms with Gasteiger partial charge >= 0.3 is 0 Å². The van der Waals surface area contributed by atoms with Crippen LogP contribution in [-0.4, -0.2) is 40.5 Å². The van der Waals surface area contributed by atoms with E-state index in [-0.39, 0.29) is 6.61 Å². The van der Waals surface area contributed by atoms with E-state index < -0.39 is 23.7 Å². The summed E-state index contributed by atoms with van der Waals surface area (Å²) in [7, 11) is 0. The summed E-state index contributed by atoms with van der Waals surface area (Å²) in [4.78, 5) is 0. The molecule has 1 aliphatic heterocycles. The second kappa shape index (κ2) is 3.00. The Bertz CT molecular complexity index is 189. The zero-order chi connectivity index (χ0) is 8.48. The van der Waals surface area contributed by atoms with Crippen molar-refractivity contribution in [2.45, 2.75) is 17.1 Å². The van der Waals surface area contributed by atoms with Crippen molar-refractivity contribution in [3.05, 3.63) is 0 Å². The third kappa shape index (κ3) is 1.23. The maximum atomic E-state index is 9.35. The van der Waals surface area contributed by atoms with Crippen LogP contribution in [-0.2, 0) is 4.74 Å². The number of terminal acetylenes is 1. The molecule has 0 aliphatic carbocycles. The number of rotatable bonds is 1. The van der Waals surface area contributed by atoms with Gasteiger partial charge in [-0.05, 0) is 0 Å². The average molecular weight is 177 g/mol. The largest absolute Gasteiger partial charge is 0.392 e. The van der Waals surface area contributed by atoms with Crippen LogP contribution in [0, 0.1) is 12.3 Å². The average Bonchev–Trinajstić information content (AvgIpc) is 2.32. The van der Waals surface area contributed by atoms with Crippen molar-refractivity contribution in [3.8, 4) is 12.3 Å². The van der Waals surface area contributed by atoms with Crippen LogP contribution >= 0.6 is 11.6 Å². The molecule has 3 unspecified atom stereocenters. The van der Waals surface area contributed by atoms with E-state index in [9.17, 15) is 5.11 Å². The van der Waals surface area contributed by atoms with Gasteiger partial charge < -0.3 is 14.9 Å². The molecule has 11 heavy (non-hydrogen) atoms. The van der Waals surface area contributed by atoms with E-state index in [1.54, 1.807) is 0 Å². The summed E-state index contributed by atoms with van der Waals surface area (Å²) < 4.78 is 5.00. The van der Waals surface area contributed by atoms with Gasteiger partial charge in [0.2, 0.25) is 0 Å². The highest BCUT2D eigenvalue weighted by Crippen LogP contribution is 2.28. The number of ether oxygens (including phenoxy) is 1. The van der Waals surface area contributed by atoms with E-state index in [0.717, 1.165) is 0 Å². The molecule has 3 nitrogen and oxygen atoms in total. The summed E-state index contributed by atoms with van der Waals surface area (Å²) in [6.07, 6.45) is 4.09. The topological polar surface area (TPSA) is 49.7 Å². The number of aliphatic hydroxyl groups is 2. The molecule has 0 aromatic heterocycles. The fourth-order valence-electron chi connectivity index (χ4n) is 1.01. The molecule has 0 bridgehead atoms. The molecule has 0 saturated carbocycles. The number of alkyl halides is 1. The van der Waals surface area contributed by atoms with Gasteiger partial charge in [-0.25, -0.2) is 0 Å². The third-order valence-corrected chi connectivity index (χ3v) is 2.16. The predicted molar refractivity (Wildman–Crippen MR) is 40.2 cm³/mol. The maximum absolute atomic E-state index is 9.35. The van der Waals surface area contributed by atoms with E-state index in [1.165, 1.54) is 0 Å². The molecule has 0 radical (unpaired) electrons. The Morgan fingerprint density at radius 3 is 2.64 bits per heavy atom. The Balaban J connectivity index is 2.80. The van der Waals surface area contributed by atoms with Gasteiger partial charge in [0.15, 0.2) is 5.60 Å². The van der Waals surface area contributed by atoms with Gasteiger partial charge in [-0.3, -0.25) is 0 Å². The minimum Gasteiger partial charge on any atom is -0.392 e. The molecule has 4 heteroatoms. The molecule has 3 atom stereocenters. The molecule has 1 fully saturated rings. The Morgan fingerprint density at radius 2 is 2.45 bits per heavy atom. The number of aliphatic hydroxyl groups excluding tert-OH is 2. The molecule has 0 aromatic rings. The van der Waals surface area contributed by atoms with Crippen LogP contribution in [0.1, 0.15) is 0 Å². The highest BCUT2D eigenvalue weighted by molar-refractivity contribution is 6.21. The molecule has 1 rings (SSSR count). The Morgan fingerprint density at radius 1 is 1.82 bits per heavy atom. The van der Waals surface area contributed by atoms with Gasteiger partial charge in [0.25, 0.3) is 0 Å². The number of halogens is 1. The van der Waals surface area contributed by atoms with Crippen LogP contribution < -0.4 is 0 Å². The van der Waals surface area contributed by atoms with Gasteiger partial charge in [-0.1, -0.05) is 5.92 Å². The summed E-state index contributed by atoms with van der Waals surface area (Å²) in [5.74, 6) is 2.20. The van der Waals surface area contributed by atoms with Crippen LogP contribution in [0.25, 0.3) is 0 Å². The first-order chi connectivity index (χ1) is 5.16. The lowest BCUT2D eigenvalue weighted by molar-refractivity contribution is -0.0477. The zero-order valence-electron chi connectivity index (χ0n) is 5.83. The van der Waals surface area contributed by atoms with Crippen molar-refractivity contribution >= 4 is 11.6 Å². The van der Waals surface area contributed by atoms with Crippen LogP contribution in [0.4, 0.5) is 0 Å². The molecular weight excluding hydrogens is 168 g/mol. The van der Waals surface area contributed by atoms with Crippen LogP contribution in [0.15, 0.2) is 0 Å². The van der Waals surface area contributed by atoms with Crippen molar-refractivity contribution in [1.29, 1.82) is 0 Å². The van der Waals surface area contributed by atoms with Gasteiger partial charge in [-0.15, -0.1) is 18.0 Å². The Hall–Kier alpha value is -0.270. The van der Waals surface area contributed by atoms with Gasteiger partial charge in [0.1, 0.15) is 6.10 Å². The molecule has 1 aliphatic rings. The standard InChI is InChI=1S/C7H9ClO3/c1-2-7(4-9)6(10)5(8)3-11-7/h1,5-6,9-10H,3-4H2. The first-order valence-electron chi connectivity index (χ1n) is 3.21. The van der Waals surface area contributed by atoms with Crippen LogP contribution in [0.3, 0.4) is 0 Å². The van der Waals surface area contributed by atoms with E-state index in [4.69, 9.17) is 27.9 Å². The van der Waals surface area contributed by atoms with Crippen molar-refractivity contribution in [3.63, 3.8) is 0 Å². The van der Waals surface area contributed by atoms with Gasteiger partial charge in [0.05, 0.1) is 18.6 Å². The summed E-state index contributed by atoms with van der Waals surface area (Å²) in [5.41, 5.74) is -1.29. The summed E-state index contributed by atoms with van der Waals surface area (Å²) in [6, 6.07) is 0. The first-order valence-corrected chi connectivity index (χ1v) is 3.64. The predicted octanol–water partition coefficient (Wildman–Crippen LogP) is -0.651. The normalized spacial score (nSPS) is 43.8. The van der Waals surface area contributed by atoms with E-state index in [1.807, 2.05) is 0 Å². The minimum atomic E-state index is -1.29. The smallest absolute Gasteiger partial charge is 0.178 e. The number of hydrogen-bond donors (Lipinski definition) is 2. The monoisotopic (exact) mass is 176 g/mol. The quantitative estimate of drug-likeness (QED) is 0.412. The second-order valence-corrected chi connectivity index (χ2v) is 3.02. The highest BCUT2D eigenvalue weighted by Gasteiger charge is 2.47. The van der Waals surface area contributed by atoms with Gasteiger partial charge in [0, 0.05) is 0 Å². The highest BCUT2D eigenvalue weighted by atomic mass is 35.5. The maximum Gasteiger partial charge on any atom is 0.178 e. The Labute approximate surface area is 69.9 Å². The summed E-state index contributed by atoms with van der Waals surface area (Å²) in [5, 5.41) is 17.6. The third-order valence-electron chi connectivity index (χ3n) is 1.80. The molecular formula is C7H9ClO3. The molecule has 1 saturated heterocycles. The first kappa shape index (κ1) is 8.82. The molecule has 0 spiro atoms. The molecule has 0 amide bonds. The second-order valence-electron chi connectivity index (χ2n) is 2.46. The lowest BCUT2D eigenvalue weighted by atomic mass is 9.99. The Kier molecular flexibility index (Phi) is 2.40. The van der Waals surface area contributed by atoms with E-state index >= 15 is 0 Å². The lowest BCUT2D eigenvalue weighted by Gasteiger charge is -2.23. The fourth-order valence-corrected chi connectivity index (χ4v) is 1.28.